The summed E-state index contributed by atoms with van der Waals surface area (Å²) in [5, 5.41) is 34.2. The van der Waals surface area contributed by atoms with Crippen LogP contribution in [0.2, 0.25) is 5.02 Å². The molecule has 3 amide bonds. The summed E-state index contributed by atoms with van der Waals surface area (Å²) in [5.74, 6) is 6.63. The highest BCUT2D eigenvalue weighted by molar-refractivity contribution is 6.30. The molecule has 0 spiro atoms. The molecule has 6 N–H and O–H groups in total. The third-order valence-electron chi connectivity index (χ3n) is 10.6. The number of carbonyl (C=O) groups excluding carboxylic acids is 3. The Morgan fingerprint density at radius 2 is 1.82 bits per heavy atom. The second kappa shape index (κ2) is 16.4. The minimum atomic E-state index is -1.23. The van der Waals surface area contributed by atoms with Crippen molar-refractivity contribution in [2.45, 2.75) is 95.4 Å². The molecule has 1 unspecified atom stereocenters. The number of aliphatic hydroxyl groups is 2. The smallest absolute Gasteiger partial charge is 0.229 e. The van der Waals surface area contributed by atoms with Crippen LogP contribution in [0.5, 0.6) is 0 Å². The van der Waals surface area contributed by atoms with Gasteiger partial charge in [-0.25, -0.2) is 15.0 Å². The van der Waals surface area contributed by atoms with Crippen molar-refractivity contribution in [3.63, 3.8) is 0 Å². The Bertz CT molecular complexity index is 1800. The number of rotatable bonds is 15. The molecule has 3 aliphatic carbocycles. The lowest BCUT2D eigenvalue weighted by atomic mass is 9.98. The number of nitrogens with one attached hydrogen (secondary N) is 4. The van der Waals surface area contributed by atoms with Crippen molar-refractivity contribution in [2.24, 2.45) is 17.3 Å². The zero-order chi connectivity index (χ0) is 36.0. The fraction of sp³-hybridized carbons (Fsp3) is 0.568. The Morgan fingerprint density at radius 3 is 2.57 bits per heavy atom. The Hall–Kier alpha value is -4.25. The molecule has 0 bridgehead atoms. The summed E-state index contributed by atoms with van der Waals surface area (Å²) in [6.45, 7) is 1.11. The monoisotopic (exact) mass is 718 g/mol. The topological polar surface area (TPSA) is 183 Å². The quantitative estimate of drug-likeness (QED) is 0.102. The van der Waals surface area contributed by atoms with Crippen molar-refractivity contribution < 1.29 is 24.6 Å². The lowest BCUT2D eigenvalue weighted by Gasteiger charge is -2.23. The van der Waals surface area contributed by atoms with Crippen molar-refractivity contribution in [3.05, 3.63) is 47.0 Å². The van der Waals surface area contributed by atoms with E-state index in [4.69, 9.17) is 11.6 Å². The molecule has 14 heteroatoms. The summed E-state index contributed by atoms with van der Waals surface area (Å²) >= 11 is 6.18. The van der Waals surface area contributed by atoms with E-state index in [2.05, 4.69) is 48.1 Å². The number of hydrogen-bond acceptors (Lipinski definition) is 9. The van der Waals surface area contributed by atoms with E-state index >= 15 is 0 Å². The number of unbranched alkanes of at least 4 members (excludes halogenated alkanes) is 1. The molecule has 6 rings (SSSR count). The second-order valence-electron chi connectivity index (χ2n) is 14.0. The van der Waals surface area contributed by atoms with E-state index in [-0.39, 0.29) is 42.3 Å². The first kappa shape index (κ1) is 36.5. The third-order valence-corrected chi connectivity index (χ3v) is 10.8. The number of carbonyl (C=O) groups is 3. The Kier molecular flexibility index (Phi) is 11.7. The molecule has 3 fully saturated rings. The maximum absolute atomic E-state index is 12.7. The van der Waals surface area contributed by atoms with Crippen LogP contribution in [-0.2, 0) is 20.9 Å². The normalized spacial score (nSPS) is 23.7. The first-order chi connectivity index (χ1) is 24.7. The van der Waals surface area contributed by atoms with Gasteiger partial charge in [0.25, 0.3) is 0 Å². The molecule has 13 nitrogen and oxygen atoms in total. The zero-order valence-corrected chi connectivity index (χ0v) is 29.7. The van der Waals surface area contributed by atoms with Crippen LogP contribution in [0.25, 0.3) is 11.2 Å². The summed E-state index contributed by atoms with van der Waals surface area (Å²) in [6, 6.07) is 6.78. The molecule has 5 atom stereocenters. The molecule has 2 aromatic heterocycles. The van der Waals surface area contributed by atoms with Crippen molar-refractivity contribution >= 4 is 46.3 Å². The van der Waals surface area contributed by atoms with E-state index < -0.39 is 23.7 Å². The Morgan fingerprint density at radius 1 is 1.06 bits per heavy atom. The SMILES string of the molecule is CNC(=O)[C@]12CC1[C@@H](n1cnc3c(NCc4cccc(Cl)c4)nc(C#CCCC(=O)NCCNC(=O)CCCCC4CCCC4)nc31)[C@H](O)[C@@H]2O. The summed E-state index contributed by atoms with van der Waals surface area (Å²) in [5.41, 5.74) is 0.702. The summed E-state index contributed by atoms with van der Waals surface area (Å²) < 4.78 is 1.70. The average molecular weight is 719 g/mol. The minimum absolute atomic E-state index is 0.0165. The molecular formula is C37H47ClN8O5. The number of benzene rings is 1. The number of aromatic nitrogens is 4. The number of aliphatic hydroxyl groups excluding tert-OH is 2. The van der Waals surface area contributed by atoms with Gasteiger partial charge in [-0.05, 0) is 42.4 Å². The van der Waals surface area contributed by atoms with E-state index in [0.717, 1.165) is 24.3 Å². The third kappa shape index (κ3) is 8.29. The van der Waals surface area contributed by atoms with Gasteiger partial charge in [0, 0.05) is 56.9 Å². The van der Waals surface area contributed by atoms with Gasteiger partial charge in [-0.3, -0.25) is 14.4 Å². The van der Waals surface area contributed by atoms with Gasteiger partial charge in [-0.1, -0.05) is 68.2 Å². The van der Waals surface area contributed by atoms with Crippen LogP contribution in [0, 0.1) is 29.1 Å². The molecule has 0 saturated heterocycles. The predicted molar refractivity (Wildman–Crippen MR) is 192 cm³/mol. The lowest BCUT2D eigenvalue weighted by Crippen LogP contribution is -2.41. The van der Waals surface area contributed by atoms with Gasteiger partial charge in [0.05, 0.1) is 23.9 Å². The number of nitrogens with zero attached hydrogens (tertiary/aromatic N) is 4. The zero-order valence-electron chi connectivity index (χ0n) is 29.0. The maximum atomic E-state index is 12.7. The van der Waals surface area contributed by atoms with Crippen LogP contribution in [0.15, 0.2) is 30.6 Å². The van der Waals surface area contributed by atoms with Crippen LogP contribution in [0.3, 0.4) is 0 Å². The van der Waals surface area contributed by atoms with Crippen LogP contribution in [0.1, 0.15) is 88.1 Å². The van der Waals surface area contributed by atoms with E-state index in [1.165, 1.54) is 39.2 Å². The second-order valence-corrected chi connectivity index (χ2v) is 14.4. The summed E-state index contributed by atoms with van der Waals surface area (Å²) in [6.07, 6.45) is 9.04. The van der Waals surface area contributed by atoms with Crippen LogP contribution >= 0.6 is 11.6 Å². The molecule has 3 aliphatic rings. The number of fused-ring (bicyclic) bond motifs is 2. The minimum Gasteiger partial charge on any atom is -0.389 e. The molecule has 3 aromatic rings. The van der Waals surface area contributed by atoms with Gasteiger partial charge < -0.3 is 36.0 Å². The highest BCUT2D eigenvalue weighted by Crippen LogP contribution is 2.67. The molecule has 2 heterocycles. The average Bonchev–Trinajstić information content (AvgIpc) is 3.36. The number of amides is 3. The molecule has 0 aliphatic heterocycles. The summed E-state index contributed by atoms with van der Waals surface area (Å²) in [4.78, 5) is 51.1. The fourth-order valence-corrected chi connectivity index (χ4v) is 8.06. The van der Waals surface area contributed by atoms with E-state index in [9.17, 15) is 24.6 Å². The fourth-order valence-electron chi connectivity index (χ4n) is 7.85. The van der Waals surface area contributed by atoms with Gasteiger partial charge in [0.2, 0.25) is 23.5 Å². The highest BCUT2D eigenvalue weighted by atomic mass is 35.5. The van der Waals surface area contributed by atoms with Crippen molar-refractivity contribution in [2.75, 3.05) is 25.5 Å². The largest absolute Gasteiger partial charge is 0.389 e. The van der Waals surface area contributed by atoms with Crippen molar-refractivity contribution in [1.29, 1.82) is 0 Å². The maximum Gasteiger partial charge on any atom is 0.229 e. The van der Waals surface area contributed by atoms with Crippen molar-refractivity contribution in [1.82, 2.24) is 35.5 Å². The molecule has 272 valence electrons. The van der Waals surface area contributed by atoms with Gasteiger partial charge in [0.15, 0.2) is 17.0 Å². The van der Waals surface area contributed by atoms with Crippen LogP contribution in [-0.4, -0.2) is 79.8 Å². The van der Waals surface area contributed by atoms with E-state index in [0.29, 0.717) is 54.5 Å². The molecular weight excluding hydrogens is 672 g/mol. The number of hydrogen-bond donors (Lipinski definition) is 6. The lowest BCUT2D eigenvalue weighted by molar-refractivity contribution is -0.132. The van der Waals surface area contributed by atoms with Gasteiger partial charge in [-0.2, -0.15) is 0 Å². The predicted octanol–water partition coefficient (Wildman–Crippen LogP) is 3.24. The molecule has 51 heavy (non-hydrogen) atoms. The van der Waals surface area contributed by atoms with Gasteiger partial charge in [0.1, 0.15) is 6.10 Å². The number of halogens is 1. The Balaban J connectivity index is 1.06. The van der Waals surface area contributed by atoms with E-state index in [1.54, 1.807) is 17.0 Å². The number of anilines is 1. The van der Waals surface area contributed by atoms with Crippen molar-refractivity contribution in [3.8, 4) is 11.8 Å². The molecule has 0 radical (unpaired) electrons. The first-order valence-electron chi connectivity index (χ1n) is 18.0. The van der Waals surface area contributed by atoms with Crippen LogP contribution in [0.4, 0.5) is 5.82 Å². The molecule has 1 aromatic carbocycles. The number of imidazole rings is 1. The van der Waals surface area contributed by atoms with Gasteiger partial charge >= 0.3 is 0 Å². The standard InChI is InChI=1S/C37H47ClN8O5/c1-39-36(51)37-20-26(37)31(32(49)33(37)50)46-22-43-30-34(42-21-24-12-8-13-25(38)19-24)44-27(45-35(30)46)14-5-7-16-29(48)41-18-17-40-28(47)15-6-4-11-23-9-2-3-10-23/h8,12-13,19,22-23,26,31-33,49-50H,2-4,6-7,9-11,15-18,20-21H2,1H3,(H,39,51)(H,40,47)(H,41,48)(H,42,44,45)/t26?,31-,32+,33+,37-/m1/s1. The highest BCUT2D eigenvalue weighted by Gasteiger charge is 2.75. The summed E-state index contributed by atoms with van der Waals surface area (Å²) in [7, 11) is 1.52. The Labute approximate surface area is 302 Å². The van der Waals surface area contributed by atoms with Gasteiger partial charge in [-0.15, -0.1) is 0 Å². The van der Waals surface area contributed by atoms with Crippen LogP contribution < -0.4 is 21.3 Å². The van der Waals surface area contributed by atoms with E-state index in [1.807, 2.05) is 18.2 Å². The first-order valence-corrected chi connectivity index (χ1v) is 18.4. The molecule has 3 saturated carbocycles.